The van der Waals surface area contributed by atoms with Crippen LogP contribution in [-0.2, 0) is 24.0 Å². The summed E-state index contributed by atoms with van der Waals surface area (Å²) >= 11 is 0. The first-order chi connectivity index (χ1) is 19.7. The van der Waals surface area contributed by atoms with E-state index >= 15 is 0 Å². The number of nitrogens with two attached hydrogens (primary N) is 1. The van der Waals surface area contributed by atoms with Crippen LogP contribution >= 0.6 is 0 Å². The van der Waals surface area contributed by atoms with Crippen molar-refractivity contribution in [3.05, 3.63) is 0 Å². The average molecular weight is 595 g/mol. The average Bonchev–Trinajstić information content (AvgIpc) is 3.55. The Bertz CT molecular complexity index is 949. The normalized spacial score (nSPS) is 21.7. The number of aliphatic hydroxyl groups is 1. The van der Waals surface area contributed by atoms with Gasteiger partial charge in [0.25, 0.3) is 0 Å². The Morgan fingerprint density at radius 2 is 1.60 bits per heavy atom. The van der Waals surface area contributed by atoms with E-state index in [4.69, 9.17) is 5.73 Å². The number of nitrogens with one attached hydrogen (secondary N) is 2. The molecule has 2 saturated heterocycles. The highest BCUT2D eigenvalue weighted by atomic mass is 16.3. The number of primary amides is 1. The molecule has 5 amide bonds. The molecule has 12 heteroatoms. The SMILES string of the molecule is CC[C@H](NC(=O)C[C@H](O)[C@H](C)CCCC(=O)N1C[C@H]2CNC[C@H]2C1)C(=O)N(C)[C@H](C)C(=O)N(C)[C@@H](CC(C)C)C(N)=O. The summed E-state index contributed by atoms with van der Waals surface area (Å²) in [6, 6.07) is -2.54. The Morgan fingerprint density at radius 1 is 1.00 bits per heavy atom. The molecule has 12 nitrogen and oxygen atoms in total. The van der Waals surface area contributed by atoms with Gasteiger partial charge in [-0.25, -0.2) is 0 Å². The minimum Gasteiger partial charge on any atom is -0.392 e. The molecule has 5 N–H and O–H groups in total. The fourth-order valence-corrected chi connectivity index (χ4v) is 5.93. The van der Waals surface area contributed by atoms with Gasteiger partial charge in [0.15, 0.2) is 0 Å². The Kier molecular flexibility index (Phi) is 13.7. The largest absolute Gasteiger partial charge is 0.392 e. The Balaban J connectivity index is 1.81. The molecule has 2 rings (SSSR count). The van der Waals surface area contributed by atoms with E-state index in [1.807, 2.05) is 25.7 Å². The zero-order valence-electron chi connectivity index (χ0n) is 26.6. The van der Waals surface area contributed by atoms with Crippen LogP contribution in [0.4, 0.5) is 0 Å². The highest BCUT2D eigenvalue weighted by Crippen LogP contribution is 2.27. The Hall–Kier alpha value is -2.73. The first-order valence-corrected chi connectivity index (χ1v) is 15.5. The number of carbonyl (C=O) groups excluding carboxylic acids is 5. The van der Waals surface area contributed by atoms with Crippen LogP contribution in [-0.4, -0.2) is 114 Å². The van der Waals surface area contributed by atoms with Crippen molar-refractivity contribution in [1.82, 2.24) is 25.3 Å². The van der Waals surface area contributed by atoms with Gasteiger partial charge in [-0.1, -0.05) is 27.7 Å². The maximum absolute atomic E-state index is 13.2. The van der Waals surface area contributed by atoms with Crippen molar-refractivity contribution in [2.24, 2.45) is 29.4 Å². The number of nitrogens with zero attached hydrogens (tertiary/aromatic N) is 3. The van der Waals surface area contributed by atoms with E-state index in [9.17, 15) is 29.1 Å². The van der Waals surface area contributed by atoms with E-state index in [0.717, 1.165) is 26.2 Å². The molecule has 42 heavy (non-hydrogen) atoms. The zero-order chi connectivity index (χ0) is 31.7. The van der Waals surface area contributed by atoms with Gasteiger partial charge in [-0.3, -0.25) is 24.0 Å². The van der Waals surface area contributed by atoms with Crippen molar-refractivity contribution < 1.29 is 29.1 Å². The molecular formula is C30H54N6O6. The van der Waals surface area contributed by atoms with Gasteiger partial charge in [0.1, 0.15) is 18.1 Å². The van der Waals surface area contributed by atoms with Crippen molar-refractivity contribution in [1.29, 1.82) is 0 Å². The Labute approximate surface area is 251 Å². The molecule has 0 aromatic carbocycles. The molecule has 0 radical (unpaired) electrons. The molecule has 2 fully saturated rings. The van der Waals surface area contributed by atoms with E-state index < -0.39 is 47.9 Å². The van der Waals surface area contributed by atoms with E-state index in [0.29, 0.717) is 43.9 Å². The summed E-state index contributed by atoms with van der Waals surface area (Å²) in [5.41, 5.74) is 5.53. The van der Waals surface area contributed by atoms with Gasteiger partial charge in [0.2, 0.25) is 29.5 Å². The molecule has 0 bridgehead atoms. The lowest BCUT2D eigenvalue weighted by Crippen LogP contribution is -2.56. The molecule has 7 atom stereocenters. The second kappa shape index (κ2) is 16.2. The zero-order valence-corrected chi connectivity index (χ0v) is 26.6. The van der Waals surface area contributed by atoms with E-state index in [-0.39, 0.29) is 24.2 Å². The number of rotatable bonds is 16. The highest BCUT2D eigenvalue weighted by molar-refractivity contribution is 5.93. The lowest BCUT2D eigenvalue weighted by atomic mass is 9.95. The van der Waals surface area contributed by atoms with Crippen LogP contribution in [0, 0.1) is 23.7 Å². The summed E-state index contributed by atoms with van der Waals surface area (Å²) in [5, 5.41) is 16.7. The molecule has 0 aliphatic carbocycles. The molecule has 2 aliphatic heterocycles. The topological polar surface area (TPSA) is 165 Å². The maximum Gasteiger partial charge on any atom is 0.245 e. The molecule has 0 aromatic heterocycles. The number of hydrogen-bond donors (Lipinski definition) is 4. The van der Waals surface area contributed by atoms with Crippen molar-refractivity contribution in [3.63, 3.8) is 0 Å². The standard InChI is InChI=1S/C30H54N6O6/c1-8-23(30(42)34(6)20(5)29(41)35(7)24(28(31)40)12-18(2)3)33-26(38)13-25(37)19(4)10-9-11-27(39)36-16-21-14-32-15-22(21)17-36/h18-25,32,37H,8-17H2,1-7H3,(H2,31,40)(H,33,38)/t19-,20-,21-,22+,23+,24+,25+/m1/s1. The lowest BCUT2D eigenvalue weighted by molar-refractivity contribution is -0.148. The van der Waals surface area contributed by atoms with Gasteiger partial charge in [0, 0.05) is 46.7 Å². The maximum atomic E-state index is 13.2. The van der Waals surface area contributed by atoms with Crippen LogP contribution in [0.25, 0.3) is 0 Å². The number of likely N-dealkylation sites (tertiary alicyclic amines) is 1. The van der Waals surface area contributed by atoms with Gasteiger partial charge in [-0.05, 0) is 56.3 Å². The molecule has 0 unspecified atom stereocenters. The van der Waals surface area contributed by atoms with Gasteiger partial charge < -0.3 is 36.2 Å². The summed E-state index contributed by atoms with van der Waals surface area (Å²) < 4.78 is 0. The van der Waals surface area contributed by atoms with Gasteiger partial charge in [-0.15, -0.1) is 0 Å². The van der Waals surface area contributed by atoms with Crippen molar-refractivity contribution in [2.75, 3.05) is 40.3 Å². The van der Waals surface area contributed by atoms with Crippen LogP contribution < -0.4 is 16.4 Å². The van der Waals surface area contributed by atoms with E-state index in [2.05, 4.69) is 10.6 Å². The van der Waals surface area contributed by atoms with Crippen molar-refractivity contribution in [3.8, 4) is 0 Å². The molecular weight excluding hydrogens is 540 g/mol. The van der Waals surface area contributed by atoms with Crippen molar-refractivity contribution in [2.45, 2.75) is 97.4 Å². The quantitative estimate of drug-likeness (QED) is 0.200. The highest BCUT2D eigenvalue weighted by Gasteiger charge is 2.38. The second-order valence-electron chi connectivity index (χ2n) is 12.8. The molecule has 240 valence electrons. The predicted molar refractivity (Wildman–Crippen MR) is 160 cm³/mol. The number of fused-ring (bicyclic) bond motifs is 1. The first kappa shape index (κ1) is 35.5. The minimum atomic E-state index is -0.913. The summed E-state index contributed by atoms with van der Waals surface area (Å²) in [7, 11) is 2.99. The first-order valence-electron chi connectivity index (χ1n) is 15.5. The third-order valence-corrected chi connectivity index (χ3v) is 9.01. The molecule has 2 aliphatic rings. The summed E-state index contributed by atoms with van der Waals surface area (Å²) in [6.07, 6.45) is 1.30. The number of hydrogen-bond acceptors (Lipinski definition) is 7. The number of amides is 5. The summed E-state index contributed by atoms with van der Waals surface area (Å²) in [5.74, 6) is -0.723. The predicted octanol–water partition coefficient (Wildman–Crippen LogP) is 0.322. The molecule has 0 aromatic rings. The monoisotopic (exact) mass is 594 g/mol. The lowest BCUT2D eigenvalue weighted by Gasteiger charge is -2.34. The molecule has 0 spiro atoms. The van der Waals surface area contributed by atoms with Gasteiger partial charge in [0.05, 0.1) is 12.5 Å². The van der Waals surface area contributed by atoms with Gasteiger partial charge >= 0.3 is 0 Å². The Morgan fingerprint density at radius 3 is 2.12 bits per heavy atom. The number of aliphatic hydroxyl groups excluding tert-OH is 1. The van der Waals surface area contributed by atoms with Gasteiger partial charge in [-0.2, -0.15) is 0 Å². The van der Waals surface area contributed by atoms with E-state index in [1.165, 1.54) is 23.9 Å². The third kappa shape index (κ3) is 9.65. The number of carbonyl (C=O) groups is 5. The van der Waals surface area contributed by atoms with Crippen LogP contribution in [0.1, 0.15) is 73.1 Å². The fraction of sp³-hybridized carbons (Fsp3) is 0.833. The minimum absolute atomic E-state index is 0.139. The smallest absolute Gasteiger partial charge is 0.245 e. The van der Waals surface area contributed by atoms with Crippen LogP contribution in [0.5, 0.6) is 0 Å². The summed E-state index contributed by atoms with van der Waals surface area (Å²) in [6.45, 7) is 12.6. The fourth-order valence-electron chi connectivity index (χ4n) is 5.93. The second-order valence-corrected chi connectivity index (χ2v) is 12.8. The summed E-state index contributed by atoms with van der Waals surface area (Å²) in [4.78, 5) is 68.1. The third-order valence-electron chi connectivity index (χ3n) is 9.01. The van der Waals surface area contributed by atoms with Crippen LogP contribution in [0.15, 0.2) is 0 Å². The molecule has 0 saturated carbocycles. The van der Waals surface area contributed by atoms with E-state index in [1.54, 1.807) is 13.8 Å². The molecule has 2 heterocycles. The van der Waals surface area contributed by atoms with Crippen LogP contribution in [0.3, 0.4) is 0 Å². The van der Waals surface area contributed by atoms with Crippen LogP contribution in [0.2, 0.25) is 0 Å². The number of likely N-dealkylation sites (N-methyl/N-ethyl adjacent to an activating group) is 2. The van der Waals surface area contributed by atoms with Crippen molar-refractivity contribution >= 4 is 29.5 Å².